The van der Waals surface area contributed by atoms with Crippen LogP contribution in [0.5, 0.6) is 0 Å². The highest BCUT2D eigenvalue weighted by Gasteiger charge is 2.14. The topological polar surface area (TPSA) is 125 Å². The molecule has 0 saturated carbocycles. The summed E-state index contributed by atoms with van der Waals surface area (Å²) in [5.74, 6) is 0.554. The number of sulfonamides is 1. The summed E-state index contributed by atoms with van der Waals surface area (Å²) in [6, 6.07) is 5.60. The second-order valence-corrected chi connectivity index (χ2v) is 5.38. The largest absolute Gasteiger partial charge is 0.337 e. The maximum Gasteiger partial charge on any atom is 0.243 e. The van der Waals surface area contributed by atoms with Crippen LogP contribution >= 0.6 is 0 Å². The molecule has 0 spiro atoms. The van der Waals surface area contributed by atoms with Crippen molar-refractivity contribution in [2.24, 2.45) is 10.9 Å². The minimum absolute atomic E-state index is 0.00727. The molecule has 7 nitrogen and oxygen atoms in total. The van der Waals surface area contributed by atoms with Crippen molar-refractivity contribution in [3.63, 3.8) is 0 Å². The predicted molar refractivity (Wildman–Crippen MR) is 63.7 cm³/mol. The maximum absolute atomic E-state index is 11.2. The fourth-order valence-corrected chi connectivity index (χ4v) is 1.91. The standard InChI is InChI=1S/C10H12N4O3S/c1-6(11)10-13-9(14-17-10)7-3-2-4-8(5-7)18(12,15)16/h2-6H,11H2,1H3,(H2,12,15,16). The molecule has 1 atom stereocenters. The van der Waals surface area contributed by atoms with Crippen molar-refractivity contribution in [1.82, 2.24) is 10.1 Å². The Morgan fingerprint density at radius 2 is 2.11 bits per heavy atom. The van der Waals surface area contributed by atoms with Gasteiger partial charge in [0.2, 0.25) is 21.7 Å². The highest BCUT2D eigenvalue weighted by atomic mass is 32.2. The summed E-state index contributed by atoms with van der Waals surface area (Å²) >= 11 is 0. The number of aromatic nitrogens is 2. The molecule has 0 aliphatic carbocycles. The first kappa shape index (κ1) is 12.7. The van der Waals surface area contributed by atoms with E-state index in [9.17, 15) is 8.42 Å². The lowest BCUT2D eigenvalue weighted by molar-refractivity contribution is 0.362. The summed E-state index contributed by atoms with van der Waals surface area (Å²) in [6.45, 7) is 1.71. The lowest BCUT2D eigenvalue weighted by Gasteiger charge is -1.99. The van der Waals surface area contributed by atoms with Crippen LogP contribution in [-0.4, -0.2) is 18.6 Å². The lowest BCUT2D eigenvalue weighted by Crippen LogP contribution is -2.12. The molecule has 18 heavy (non-hydrogen) atoms. The highest BCUT2D eigenvalue weighted by molar-refractivity contribution is 7.89. The van der Waals surface area contributed by atoms with Gasteiger partial charge in [-0.05, 0) is 19.1 Å². The van der Waals surface area contributed by atoms with E-state index < -0.39 is 10.0 Å². The van der Waals surface area contributed by atoms with Gasteiger partial charge in [-0.2, -0.15) is 4.98 Å². The zero-order valence-corrected chi connectivity index (χ0v) is 10.4. The molecule has 0 bridgehead atoms. The molecule has 1 heterocycles. The summed E-state index contributed by atoms with van der Waals surface area (Å²) in [4.78, 5) is 4.06. The second-order valence-electron chi connectivity index (χ2n) is 3.82. The molecule has 0 aliphatic heterocycles. The third-order valence-corrected chi connectivity index (χ3v) is 3.16. The highest BCUT2D eigenvalue weighted by Crippen LogP contribution is 2.20. The Hall–Kier alpha value is -1.77. The number of hydrogen-bond donors (Lipinski definition) is 2. The van der Waals surface area contributed by atoms with E-state index >= 15 is 0 Å². The van der Waals surface area contributed by atoms with Crippen molar-refractivity contribution in [3.8, 4) is 11.4 Å². The lowest BCUT2D eigenvalue weighted by atomic mass is 10.2. The SMILES string of the molecule is CC(N)c1nc(-c2cccc(S(N)(=O)=O)c2)no1. The van der Waals surface area contributed by atoms with Gasteiger partial charge >= 0.3 is 0 Å². The first-order valence-electron chi connectivity index (χ1n) is 5.10. The molecule has 2 rings (SSSR count). The van der Waals surface area contributed by atoms with Crippen LogP contribution in [-0.2, 0) is 10.0 Å². The van der Waals surface area contributed by atoms with E-state index in [4.69, 9.17) is 15.4 Å². The molecule has 1 aromatic carbocycles. The number of nitrogens with two attached hydrogens (primary N) is 2. The Labute approximate surface area is 104 Å². The van der Waals surface area contributed by atoms with Crippen molar-refractivity contribution >= 4 is 10.0 Å². The molecule has 0 amide bonds. The molecule has 2 aromatic rings. The van der Waals surface area contributed by atoms with E-state index in [-0.39, 0.29) is 22.7 Å². The number of primary sulfonamides is 1. The van der Waals surface area contributed by atoms with Gasteiger partial charge in [0.1, 0.15) is 0 Å². The van der Waals surface area contributed by atoms with E-state index in [1.807, 2.05) is 0 Å². The average molecular weight is 268 g/mol. The second kappa shape index (κ2) is 4.48. The summed E-state index contributed by atoms with van der Waals surface area (Å²) in [5.41, 5.74) is 6.09. The molecule has 1 unspecified atom stereocenters. The number of rotatable bonds is 3. The number of nitrogens with zero attached hydrogens (tertiary/aromatic N) is 2. The molecular formula is C10H12N4O3S. The fourth-order valence-electron chi connectivity index (χ4n) is 1.35. The monoisotopic (exact) mass is 268 g/mol. The van der Waals surface area contributed by atoms with Crippen LogP contribution in [0.1, 0.15) is 18.9 Å². The third kappa shape index (κ3) is 2.55. The van der Waals surface area contributed by atoms with Crippen LogP contribution in [0.4, 0.5) is 0 Å². The summed E-state index contributed by atoms with van der Waals surface area (Å²) in [5, 5.41) is 8.77. The Morgan fingerprint density at radius 1 is 1.39 bits per heavy atom. The van der Waals surface area contributed by atoms with Gasteiger partial charge in [-0.25, -0.2) is 13.6 Å². The van der Waals surface area contributed by atoms with Crippen molar-refractivity contribution < 1.29 is 12.9 Å². The van der Waals surface area contributed by atoms with Gasteiger partial charge in [0.25, 0.3) is 0 Å². The Morgan fingerprint density at radius 3 is 2.67 bits per heavy atom. The Kier molecular flexibility index (Phi) is 3.16. The van der Waals surface area contributed by atoms with E-state index in [1.165, 1.54) is 12.1 Å². The van der Waals surface area contributed by atoms with Crippen molar-refractivity contribution in [2.75, 3.05) is 0 Å². The molecule has 1 aromatic heterocycles. The minimum atomic E-state index is -3.75. The first-order valence-corrected chi connectivity index (χ1v) is 6.65. The summed E-state index contributed by atoms with van der Waals surface area (Å²) in [7, 11) is -3.75. The van der Waals surface area contributed by atoms with E-state index in [2.05, 4.69) is 10.1 Å². The van der Waals surface area contributed by atoms with Gasteiger partial charge in [0, 0.05) is 5.56 Å². The van der Waals surface area contributed by atoms with Gasteiger partial charge in [0.15, 0.2) is 0 Å². The molecule has 0 radical (unpaired) electrons. The molecule has 4 N–H and O–H groups in total. The molecule has 0 saturated heterocycles. The van der Waals surface area contributed by atoms with Gasteiger partial charge in [0.05, 0.1) is 10.9 Å². The van der Waals surface area contributed by atoms with E-state index in [0.29, 0.717) is 5.56 Å². The number of hydrogen-bond acceptors (Lipinski definition) is 6. The van der Waals surface area contributed by atoms with Gasteiger partial charge in [-0.15, -0.1) is 0 Å². The van der Waals surface area contributed by atoms with Crippen LogP contribution in [0.15, 0.2) is 33.7 Å². The van der Waals surface area contributed by atoms with Gasteiger partial charge in [-0.3, -0.25) is 0 Å². The normalized spacial score (nSPS) is 13.5. The summed E-state index contributed by atoms with van der Waals surface area (Å²) in [6.07, 6.45) is 0. The number of benzene rings is 1. The van der Waals surface area contributed by atoms with Crippen molar-refractivity contribution in [1.29, 1.82) is 0 Å². The average Bonchev–Trinajstić information content (AvgIpc) is 2.77. The zero-order valence-electron chi connectivity index (χ0n) is 9.57. The Balaban J connectivity index is 2.45. The fraction of sp³-hybridized carbons (Fsp3) is 0.200. The quantitative estimate of drug-likeness (QED) is 0.830. The van der Waals surface area contributed by atoms with Crippen LogP contribution in [0.25, 0.3) is 11.4 Å². The molecule has 96 valence electrons. The molecule has 0 aliphatic rings. The van der Waals surface area contributed by atoms with Gasteiger partial charge < -0.3 is 10.3 Å². The van der Waals surface area contributed by atoms with Crippen molar-refractivity contribution in [2.45, 2.75) is 17.9 Å². The minimum Gasteiger partial charge on any atom is -0.337 e. The maximum atomic E-state index is 11.2. The van der Waals surface area contributed by atoms with Crippen LogP contribution < -0.4 is 10.9 Å². The first-order chi connectivity index (χ1) is 8.38. The predicted octanol–water partition coefficient (Wildman–Crippen LogP) is 0.404. The third-order valence-electron chi connectivity index (χ3n) is 2.25. The van der Waals surface area contributed by atoms with Crippen LogP contribution in [0.2, 0.25) is 0 Å². The summed E-state index contributed by atoms with van der Waals surface area (Å²) < 4.78 is 27.4. The molecule has 0 fully saturated rings. The van der Waals surface area contributed by atoms with Crippen LogP contribution in [0, 0.1) is 0 Å². The smallest absolute Gasteiger partial charge is 0.243 e. The van der Waals surface area contributed by atoms with Crippen molar-refractivity contribution in [3.05, 3.63) is 30.2 Å². The zero-order chi connectivity index (χ0) is 13.3. The Bertz CT molecular complexity index is 663. The molecule has 8 heteroatoms. The molecular weight excluding hydrogens is 256 g/mol. The van der Waals surface area contributed by atoms with E-state index in [0.717, 1.165) is 0 Å². The van der Waals surface area contributed by atoms with Gasteiger partial charge in [-0.1, -0.05) is 17.3 Å². The van der Waals surface area contributed by atoms with Crippen LogP contribution in [0.3, 0.4) is 0 Å². The van der Waals surface area contributed by atoms with E-state index in [1.54, 1.807) is 19.1 Å².